The van der Waals surface area contributed by atoms with E-state index >= 15 is 0 Å². The maximum absolute atomic E-state index is 13.3. The molecule has 2 aromatic carbocycles. The number of carbonyl (C=O) groups is 2. The van der Waals surface area contributed by atoms with E-state index in [1.165, 1.54) is 4.90 Å². The monoisotopic (exact) mass is 510 g/mol. The van der Waals surface area contributed by atoms with E-state index in [4.69, 9.17) is 27.9 Å². The van der Waals surface area contributed by atoms with E-state index in [-0.39, 0.29) is 29.0 Å². The summed E-state index contributed by atoms with van der Waals surface area (Å²) < 4.78 is 5.78. The summed E-state index contributed by atoms with van der Waals surface area (Å²) in [6.07, 6.45) is 3.23. The van der Waals surface area contributed by atoms with Crippen LogP contribution in [0.1, 0.15) is 42.1 Å². The highest BCUT2D eigenvalue weighted by Crippen LogP contribution is 2.43. The Bertz CT molecular complexity index is 1320. The number of amides is 1. The molecule has 1 saturated heterocycles. The van der Waals surface area contributed by atoms with E-state index in [1.54, 1.807) is 54.9 Å². The minimum Gasteiger partial charge on any atom is -0.507 e. The number of carbonyl (C=O) groups excluding carboxylic acids is 2. The molecule has 0 radical (unpaired) electrons. The summed E-state index contributed by atoms with van der Waals surface area (Å²) in [7, 11) is 0. The van der Waals surface area contributed by atoms with Gasteiger partial charge in [0.1, 0.15) is 11.5 Å². The Morgan fingerprint density at radius 2 is 1.91 bits per heavy atom. The molecule has 1 amide bonds. The lowest BCUT2D eigenvalue weighted by Crippen LogP contribution is -2.29. The Kier molecular flexibility index (Phi) is 7.15. The molecule has 8 heteroatoms. The van der Waals surface area contributed by atoms with Gasteiger partial charge in [-0.15, -0.1) is 0 Å². The summed E-state index contributed by atoms with van der Waals surface area (Å²) >= 11 is 12.6. The van der Waals surface area contributed by atoms with Crippen LogP contribution in [0.2, 0.25) is 10.0 Å². The zero-order valence-electron chi connectivity index (χ0n) is 19.5. The highest BCUT2D eigenvalue weighted by molar-refractivity contribution is 6.47. The van der Waals surface area contributed by atoms with Crippen LogP contribution >= 0.6 is 23.2 Å². The van der Waals surface area contributed by atoms with Gasteiger partial charge >= 0.3 is 0 Å². The summed E-state index contributed by atoms with van der Waals surface area (Å²) in [5, 5.41) is 12.0. The molecule has 1 aliphatic heterocycles. The van der Waals surface area contributed by atoms with Crippen LogP contribution < -0.4 is 4.74 Å². The highest BCUT2D eigenvalue weighted by atomic mass is 35.5. The van der Waals surface area contributed by atoms with Crippen LogP contribution in [0.25, 0.3) is 5.76 Å². The summed E-state index contributed by atoms with van der Waals surface area (Å²) in [5.41, 5.74) is 2.36. The molecule has 3 aromatic rings. The third kappa shape index (κ3) is 5.04. The van der Waals surface area contributed by atoms with Gasteiger partial charge in [-0.2, -0.15) is 0 Å². The lowest BCUT2D eigenvalue weighted by Gasteiger charge is -2.26. The molecule has 4 rings (SSSR count). The fraction of sp³-hybridized carbons (Fsp3) is 0.222. The van der Waals surface area contributed by atoms with Crippen molar-refractivity contribution in [2.75, 3.05) is 0 Å². The van der Waals surface area contributed by atoms with Gasteiger partial charge < -0.3 is 14.7 Å². The first-order chi connectivity index (χ1) is 16.7. The molecule has 1 atom stereocenters. The van der Waals surface area contributed by atoms with Crippen LogP contribution in [-0.4, -0.2) is 32.8 Å². The number of benzene rings is 2. The number of Topliss-reactive ketones (excluding diaryl/α,β-unsaturated/α-hetero) is 1. The number of nitrogens with zero attached hydrogens (tertiary/aromatic N) is 2. The number of hydrogen-bond donors (Lipinski definition) is 1. The Labute approximate surface area is 213 Å². The molecule has 0 unspecified atom stereocenters. The minimum absolute atomic E-state index is 0.0157. The van der Waals surface area contributed by atoms with Gasteiger partial charge in [-0.05, 0) is 73.9 Å². The molecule has 0 spiro atoms. The first-order valence-corrected chi connectivity index (χ1v) is 11.8. The van der Waals surface area contributed by atoms with Crippen molar-refractivity contribution in [3.05, 3.63) is 98.8 Å². The number of rotatable bonds is 6. The summed E-state index contributed by atoms with van der Waals surface area (Å²) in [6.45, 7) is 5.81. The van der Waals surface area contributed by atoms with Crippen LogP contribution in [0.5, 0.6) is 5.75 Å². The predicted molar refractivity (Wildman–Crippen MR) is 135 cm³/mol. The molecule has 180 valence electrons. The molecule has 1 aliphatic rings. The van der Waals surface area contributed by atoms with E-state index in [9.17, 15) is 14.7 Å². The normalized spacial score (nSPS) is 17.3. The van der Waals surface area contributed by atoms with Crippen LogP contribution in [0.4, 0.5) is 0 Å². The highest BCUT2D eigenvalue weighted by Gasteiger charge is 2.46. The first kappa shape index (κ1) is 24.8. The fourth-order valence-electron chi connectivity index (χ4n) is 4.12. The SMILES string of the molecule is Cc1cc(C(O)=C2C(=O)C(=O)N(Cc3cccnc3)[C@@H]2c2ccc(Cl)cc2Cl)ccc1OC(C)C. The summed E-state index contributed by atoms with van der Waals surface area (Å²) in [4.78, 5) is 31.9. The second-order valence-corrected chi connectivity index (χ2v) is 9.44. The number of pyridine rings is 1. The van der Waals surface area contributed by atoms with Gasteiger partial charge in [-0.1, -0.05) is 35.3 Å². The average molecular weight is 511 g/mol. The first-order valence-electron chi connectivity index (χ1n) is 11.1. The average Bonchev–Trinajstić information content (AvgIpc) is 3.05. The van der Waals surface area contributed by atoms with E-state index < -0.39 is 17.7 Å². The summed E-state index contributed by atoms with van der Waals surface area (Å²) in [6, 6.07) is 12.6. The Morgan fingerprint density at radius 3 is 2.54 bits per heavy atom. The Balaban J connectivity index is 1.86. The smallest absolute Gasteiger partial charge is 0.295 e. The van der Waals surface area contributed by atoms with Gasteiger partial charge in [0.05, 0.1) is 17.7 Å². The molecule has 0 saturated carbocycles. The second-order valence-electron chi connectivity index (χ2n) is 8.60. The predicted octanol–water partition coefficient (Wildman–Crippen LogP) is 6.11. The van der Waals surface area contributed by atoms with Crippen molar-refractivity contribution < 1.29 is 19.4 Å². The van der Waals surface area contributed by atoms with E-state index in [1.807, 2.05) is 26.8 Å². The number of ether oxygens (including phenoxy) is 1. The van der Waals surface area contributed by atoms with Crippen molar-refractivity contribution in [1.29, 1.82) is 0 Å². The van der Waals surface area contributed by atoms with Gasteiger partial charge in [0.25, 0.3) is 11.7 Å². The quantitative estimate of drug-likeness (QED) is 0.246. The topological polar surface area (TPSA) is 79.7 Å². The number of aliphatic hydroxyl groups excluding tert-OH is 1. The molecule has 35 heavy (non-hydrogen) atoms. The molecule has 6 nitrogen and oxygen atoms in total. The molecular weight excluding hydrogens is 487 g/mol. The molecule has 1 fully saturated rings. The third-order valence-electron chi connectivity index (χ3n) is 5.68. The van der Waals surface area contributed by atoms with Crippen molar-refractivity contribution in [1.82, 2.24) is 9.88 Å². The fourth-order valence-corrected chi connectivity index (χ4v) is 4.63. The number of aryl methyl sites for hydroxylation is 1. The van der Waals surface area contributed by atoms with E-state index in [0.717, 1.165) is 11.1 Å². The third-order valence-corrected chi connectivity index (χ3v) is 6.25. The van der Waals surface area contributed by atoms with Crippen molar-refractivity contribution >= 4 is 40.7 Å². The number of aromatic nitrogens is 1. The zero-order valence-corrected chi connectivity index (χ0v) is 21.0. The largest absolute Gasteiger partial charge is 0.507 e. The Morgan fingerprint density at radius 1 is 1.14 bits per heavy atom. The van der Waals surface area contributed by atoms with Crippen LogP contribution in [0.3, 0.4) is 0 Å². The van der Waals surface area contributed by atoms with E-state index in [0.29, 0.717) is 21.9 Å². The van der Waals surface area contributed by atoms with Crippen molar-refractivity contribution in [3.8, 4) is 5.75 Å². The van der Waals surface area contributed by atoms with Crippen LogP contribution in [-0.2, 0) is 16.1 Å². The molecule has 1 N–H and O–H groups in total. The standard InChI is InChI=1S/C27H24Cl2N2O4/c1-15(2)35-22-9-6-18(11-16(22)3)25(32)23-24(20-8-7-19(28)12-21(20)29)31(27(34)26(23)33)14-17-5-4-10-30-13-17/h4-13,15,24,32H,14H2,1-3H3/t24-/m1/s1. The Hall–Kier alpha value is -3.35. The maximum Gasteiger partial charge on any atom is 0.295 e. The molecular formula is C27H24Cl2N2O4. The minimum atomic E-state index is -0.910. The van der Waals surface area contributed by atoms with Gasteiger partial charge in [-0.25, -0.2) is 0 Å². The number of ketones is 1. The van der Waals surface area contributed by atoms with Gasteiger partial charge in [-0.3, -0.25) is 14.6 Å². The zero-order chi connectivity index (χ0) is 25.3. The van der Waals surface area contributed by atoms with Crippen molar-refractivity contribution in [2.24, 2.45) is 0 Å². The molecule has 1 aromatic heterocycles. The molecule has 2 heterocycles. The second kappa shape index (κ2) is 10.1. The number of halogens is 2. The lowest BCUT2D eigenvalue weighted by atomic mass is 9.94. The van der Waals surface area contributed by atoms with Crippen molar-refractivity contribution in [3.63, 3.8) is 0 Å². The lowest BCUT2D eigenvalue weighted by molar-refractivity contribution is -0.140. The number of likely N-dealkylation sites (tertiary alicyclic amines) is 1. The van der Waals surface area contributed by atoms with Gasteiger partial charge in [0, 0.05) is 34.5 Å². The molecule has 0 aliphatic carbocycles. The van der Waals surface area contributed by atoms with Crippen molar-refractivity contribution in [2.45, 2.75) is 39.5 Å². The van der Waals surface area contributed by atoms with Gasteiger partial charge in [0.2, 0.25) is 0 Å². The molecule has 0 bridgehead atoms. The number of aliphatic hydroxyl groups is 1. The maximum atomic E-state index is 13.3. The summed E-state index contributed by atoms with van der Waals surface area (Å²) in [5.74, 6) is -1.14. The van der Waals surface area contributed by atoms with Gasteiger partial charge in [0.15, 0.2) is 0 Å². The van der Waals surface area contributed by atoms with E-state index in [2.05, 4.69) is 4.98 Å². The number of hydrogen-bond acceptors (Lipinski definition) is 5. The van der Waals surface area contributed by atoms with Crippen LogP contribution in [0.15, 0.2) is 66.5 Å². The van der Waals surface area contributed by atoms with Crippen LogP contribution in [0, 0.1) is 6.92 Å².